The monoisotopic (exact) mass is 447 g/mol. The molecule has 160 valence electrons. The molecule has 0 saturated heterocycles. The average molecular weight is 448 g/mol. The maximum atomic E-state index is 13.4. The molecule has 7 heteroatoms. The van der Waals surface area contributed by atoms with Crippen molar-refractivity contribution in [3.63, 3.8) is 0 Å². The SMILES string of the molecule is COc1ccc(/C=C2/C=C(c3ccc(Cl)cc3)N(c3ccc(O)c(C(=O)O)c3)C2=O)cc1. The van der Waals surface area contributed by atoms with E-state index in [4.69, 9.17) is 16.3 Å². The Morgan fingerprint density at radius 3 is 2.34 bits per heavy atom. The quantitative estimate of drug-likeness (QED) is 0.523. The Balaban J connectivity index is 1.82. The third-order valence-corrected chi connectivity index (χ3v) is 5.28. The molecule has 1 aliphatic heterocycles. The van der Waals surface area contributed by atoms with Crippen molar-refractivity contribution >= 4 is 40.9 Å². The molecule has 1 heterocycles. The van der Waals surface area contributed by atoms with E-state index in [0.717, 1.165) is 11.1 Å². The zero-order chi connectivity index (χ0) is 22.8. The van der Waals surface area contributed by atoms with Gasteiger partial charge < -0.3 is 14.9 Å². The number of hydrogen-bond acceptors (Lipinski definition) is 4. The largest absolute Gasteiger partial charge is 0.507 e. The predicted octanol–water partition coefficient (Wildman–Crippen LogP) is 5.22. The molecule has 0 fully saturated rings. The number of amides is 1. The van der Waals surface area contributed by atoms with Crippen LogP contribution in [-0.4, -0.2) is 29.2 Å². The summed E-state index contributed by atoms with van der Waals surface area (Å²) in [4.78, 5) is 26.3. The standard InChI is InChI=1S/C25H18ClNO5/c1-32-20-9-2-15(3-10-20)12-17-13-22(16-4-6-18(26)7-5-16)27(24(17)29)19-8-11-23(28)21(14-19)25(30)31/h2-14,28H,1H3,(H,30,31)/b17-12-. The first-order chi connectivity index (χ1) is 15.4. The minimum absolute atomic E-state index is 0.293. The Bertz CT molecular complexity index is 1260. The number of carbonyl (C=O) groups excluding carboxylic acids is 1. The second kappa shape index (κ2) is 8.61. The lowest BCUT2D eigenvalue weighted by Crippen LogP contribution is -2.25. The van der Waals surface area contributed by atoms with E-state index in [2.05, 4.69) is 0 Å². The third-order valence-electron chi connectivity index (χ3n) is 5.03. The van der Waals surface area contributed by atoms with Gasteiger partial charge in [0.25, 0.3) is 5.91 Å². The summed E-state index contributed by atoms with van der Waals surface area (Å²) in [6.07, 6.45) is 3.49. The van der Waals surface area contributed by atoms with E-state index in [1.807, 2.05) is 12.1 Å². The van der Waals surface area contributed by atoms with Crippen molar-refractivity contribution in [3.05, 3.63) is 100 Å². The van der Waals surface area contributed by atoms with E-state index in [-0.39, 0.29) is 17.2 Å². The maximum absolute atomic E-state index is 13.4. The van der Waals surface area contributed by atoms with Crippen LogP contribution in [0.5, 0.6) is 11.5 Å². The average Bonchev–Trinajstić information content (AvgIpc) is 3.11. The molecule has 4 rings (SSSR count). The molecule has 2 N–H and O–H groups in total. The summed E-state index contributed by atoms with van der Waals surface area (Å²) in [6, 6.07) is 18.3. The zero-order valence-corrected chi connectivity index (χ0v) is 17.7. The number of nitrogens with zero attached hydrogens (tertiary/aromatic N) is 1. The molecule has 0 aromatic heterocycles. The Morgan fingerprint density at radius 2 is 1.72 bits per heavy atom. The fraction of sp³-hybridized carbons (Fsp3) is 0.0400. The summed E-state index contributed by atoms with van der Waals surface area (Å²) in [5.74, 6) is -1.29. The lowest BCUT2D eigenvalue weighted by Gasteiger charge is -2.21. The molecule has 0 saturated carbocycles. The molecule has 1 aliphatic rings. The van der Waals surface area contributed by atoms with Gasteiger partial charge in [-0.3, -0.25) is 9.69 Å². The van der Waals surface area contributed by atoms with E-state index in [9.17, 15) is 19.8 Å². The molecule has 0 unspecified atom stereocenters. The van der Waals surface area contributed by atoms with Crippen LogP contribution < -0.4 is 9.64 Å². The summed E-state index contributed by atoms with van der Waals surface area (Å²) in [7, 11) is 1.58. The van der Waals surface area contributed by atoms with Gasteiger partial charge >= 0.3 is 5.97 Å². The van der Waals surface area contributed by atoms with Crippen molar-refractivity contribution < 1.29 is 24.5 Å². The predicted molar refractivity (Wildman–Crippen MR) is 123 cm³/mol. The van der Waals surface area contributed by atoms with Crippen LogP contribution in [0.3, 0.4) is 0 Å². The van der Waals surface area contributed by atoms with Crippen molar-refractivity contribution in [2.75, 3.05) is 12.0 Å². The van der Waals surface area contributed by atoms with Crippen LogP contribution in [0.1, 0.15) is 21.5 Å². The van der Waals surface area contributed by atoms with Crippen LogP contribution in [0.25, 0.3) is 11.8 Å². The molecule has 3 aromatic rings. The number of carboxylic acids is 1. The van der Waals surface area contributed by atoms with E-state index < -0.39 is 5.97 Å². The minimum Gasteiger partial charge on any atom is -0.507 e. The molecule has 6 nitrogen and oxygen atoms in total. The molecule has 0 aliphatic carbocycles. The number of rotatable bonds is 5. The first kappa shape index (κ1) is 21.2. The van der Waals surface area contributed by atoms with Gasteiger partial charge in [-0.05, 0) is 65.7 Å². The molecule has 0 spiro atoms. The molecule has 1 amide bonds. The molecule has 3 aromatic carbocycles. The van der Waals surface area contributed by atoms with Crippen molar-refractivity contribution in [1.29, 1.82) is 0 Å². The van der Waals surface area contributed by atoms with E-state index in [1.54, 1.807) is 55.7 Å². The molecule has 0 bridgehead atoms. The number of ether oxygens (including phenoxy) is 1. The highest BCUT2D eigenvalue weighted by atomic mass is 35.5. The second-order valence-electron chi connectivity index (χ2n) is 7.06. The van der Waals surface area contributed by atoms with Crippen LogP contribution in [-0.2, 0) is 4.79 Å². The zero-order valence-electron chi connectivity index (χ0n) is 16.9. The van der Waals surface area contributed by atoms with Gasteiger partial charge in [0.1, 0.15) is 17.1 Å². The summed E-state index contributed by atoms with van der Waals surface area (Å²) in [5.41, 5.74) is 2.55. The van der Waals surface area contributed by atoms with Crippen LogP contribution in [0.15, 0.2) is 78.4 Å². The number of methoxy groups -OCH3 is 1. The van der Waals surface area contributed by atoms with E-state index >= 15 is 0 Å². The van der Waals surface area contributed by atoms with Gasteiger partial charge in [0.05, 0.1) is 18.5 Å². The summed E-state index contributed by atoms with van der Waals surface area (Å²) in [5, 5.41) is 19.8. The van der Waals surface area contributed by atoms with Crippen molar-refractivity contribution in [2.24, 2.45) is 0 Å². The number of benzene rings is 3. The van der Waals surface area contributed by atoms with Gasteiger partial charge in [0.15, 0.2) is 0 Å². The van der Waals surface area contributed by atoms with Gasteiger partial charge in [-0.15, -0.1) is 0 Å². The van der Waals surface area contributed by atoms with Crippen molar-refractivity contribution in [3.8, 4) is 11.5 Å². The smallest absolute Gasteiger partial charge is 0.339 e. The number of aromatic hydroxyl groups is 1. The molecule has 0 radical (unpaired) electrons. The number of phenols is 1. The number of carboxylic acid groups (broad SMARTS) is 1. The number of halogens is 1. The Hall–Kier alpha value is -4.03. The molecule has 0 atom stereocenters. The highest BCUT2D eigenvalue weighted by Crippen LogP contribution is 2.37. The Morgan fingerprint density at radius 1 is 1.03 bits per heavy atom. The number of anilines is 1. The van der Waals surface area contributed by atoms with Crippen LogP contribution in [0, 0.1) is 0 Å². The summed E-state index contributed by atoms with van der Waals surface area (Å²) >= 11 is 6.02. The molecular weight excluding hydrogens is 430 g/mol. The van der Waals surface area contributed by atoms with Crippen LogP contribution in [0.2, 0.25) is 5.02 Å². The van der Waals surface area contributed by atoms with E-state index in [0.29, 0.717) is 27.7 Å². The Kier molecular flexibility index (Phi) is 5.71. The van der Waals surface area contributed by atoms with Crippen molar-refractivity contribution in [2.45, 2.75) is 0 Å². The van der Waals surface area contributed by atoms with Crippen LogP contribution in [0.4, 0.5) is 5.69 Å². The highest BCUT2D eigenvalue weighted by molar-refractivity contribution is 6.30. The number of carbonyl (C=O) groups is 2. The third kappa shape index (κ3) is 4.08. The normalized spacial score (nSPS) is 14.6. The number of aromatic carboxylic acids is 1. The topological polar surface area (TPSA) is 87.1 Å². The first-order valence-electron chi connectivity index (χ1n) is 9.61. The van der Waals surface area contributed by atoms with Crippen molar-refractivity contribution in [1.82, 2.24) is 0 Å². The van der Waals surface area contributed by atoms with Crippen LogP contribution >= 0.6 is 11.6 Å². The van der Waals surface area contributed by atoms with Gasteiger partial charge in [-0.1, -0.05) is 35.9 Å². The molecular formula is C25H18ClNO5. The summed E-state index contributed by atoms with van der Waals surface area (Å²) < 4.78 is 5.17. The fourth-order valence-corrected chi connectivity index (χ4v) is 3.55. The van der Waals surface area contributed by atoms with E-state index in [1.165, 1.54) is 23.1 Å². The Labute approximate surface area is 189 Å². The second-order valence-corrected chi connectivity index (χ2v) is 7.49. The highest BCUT2D eigenvalue weighted by Gasteiger charge is 2.31. The lowest BCUT2D eigenvalue weighted by atomic mass is 10.1. The fourth-order valence-electron chi connectivity index (χ4n) is 3.42. The number of hydrogen-bond donors (Lipinski definition) is 2. The lowest BCUT2D eigenvalue weighted by molar-refractivity contribution is -0.113. The summed E-state index contributed by atoms with van der Waals surface area (Å²) in [6.45, 7) is 0. The first-order valence-corrected chi connectivity index (χ1v) is 9.99. The molecule has 32 heavy (non-hydrogen) atoms. The van der Waals surface area contributed by atoms with Gasteiger partial charge in [-0.2, -0.15) is 0 Å². The van der Waals surface area contributed by atoms with Gasteiger partial charge in [-0.25, -0.2) is 4.79 Å². The van der Waals surface area contributed by atoms with Gasteiger partial charge in [0.2, 0.25) is 0 Å². The maximum Gasteiger partial charge on any atom is 0.339 e. The van der Waals surface area contributed by atoms with Gasteiger partial charge in [0, 0.05) is 10.6 Å². The minimum atomic E-state index is -1.29.